The number of carbonyl (C=O) groups excluding carboxylic acids is 1. The highest BCUT2D eigenvalue weighted by Crippen LogP contribution is 2.41. The van der Waals surface area contributed by atoms with Crippen LogP contribution in [0.15, 0.2) is 65.4 Å². The molecule has 144 valence electrons. The van der Waals surface area contributed by atoms with E-state index in [-0.39, 0.29) is 18.6 Å². The molecule has 3 aromatic rings. The van der Waals surface area contributed by atoms with Gasteiger partial charge in [-0.3, -0.25) is 4.98 Å². The van der Waals surface area contributed by atoms with Gasteiger partial charge < -0.3 is 15.7 Å². The van der Waals surface area contributed by atoms with Crippen molar-refractivity contribution in [3.8, 4) is 0 Å². The van der Waals surface area contributed by atoms with Crippen LogP contribution in [-0.2, 0) is 0 Å². The minimum Gasteiger partial charge on any atom is -0.387 e. The van der Waals surface area contributed by atoms with Crippen LogP contribution >= 0.6 is 15.9 Å². The highest BCUT2D eigenvalue weighted by Gasteiger charge is 2.33. The second-order valence-corrected chi connectivity index (χ2v) is 8.14. The highest BCUT2D eigenvalue weighted by molar-refractivity contribution is 9.10. The number of aromatic nitrogens is 1. The molecule has 0 bridgehead atoms. The smallest absolute Gasteiger partial charge is 0.315 e. The summed E-state index contributed by atoms with van der Waals surface area (Å²) in [4.78, 5) is 16.6. The van der Waals surface area contributed by atoms with Crippen molar-refractivity contribution >= 4 is 32.7 Å². The minimum absolute atomic E-state index is 0.0668. The number of urea groups is 1. The normalized spacial score (nSPS) is 15.8. The maximum absolute atomic E-state index is 12.4. The summed E-state index contributed by atoms with van der Waals surface area (Å²) in [6.45, 7) is 0.151. The third kappa shape index (κ3) is 4.51. The van der Waals surface area contributed by atoms with E-state index in [2.05, 4.69) is 31.5 Å². The maximum atomic E-state index is 12.4. The first kappa shape index (κ1) is 18.9. The molecule has 2 atom stereocenters. The van der Waals surface area contributed by atoms with Crippen LogP contribution < -0.4 is 10.6 Å². The number of hydrogen-bond donors (Lipinski definition) is 3. The second-order valence-electron chi connectivity index (χ2n) is 7.23. The molecule has 1 aromatic heterocycles. The zero-order valence-corrected chi connectivity index (χ0v) is 16.9. The molecule has 1 aliphatic rings. The molecular formula is C22H22BrN3O2. The molecule has 0 radical (unpaired) electrons. The molecule has 4 rings (SSSR count). The second kappa shape index (κ2) is 8.29. The summed E-state index contributed by atoms with van der Waals surface area (Å²) in [6.07, 6.45) is 4.95. The fraction of sp³-hybridized carbons (Fsp3) is 0.273. The van der Waals surface area contributed by atoms with Gasteiger partial charge in [0.15, 0.2) is 0 Å². The fourth-order valence-electron chi connectivity index (χ4n) is 3.42. The molecule has 0 aliphatic heterocycles. The molecule has 2 aromatic carbocycles. The molecule has 0 saturated heterocycles. The maximum Gasteiger partial charge on any atom is 0.315 e. The monoisotopic (exact) mass is 439 g/mol. The van der Waals surface area contributed by atoms with Crippen molar-refractivity contribution in [3.63, 3.8) is 0 Å². The Morgan fingerprint density at radius 2 is 1.89 bits per heavy atom. The molecule has 3 N–H and O–H groups in total. The zero-order chi connectivity index (χ0) is 19.5. The molecule has 2 unspecified atom stereocenters. The van der Waals surface area contributed by atoms with Crippen molar-refractivity contribution in [1.29, 1.82) is 0 Å². The third-order valence-electron chi connectivity index (χ3n) is 5.08. The molecule has 1 aliphatic carbocycles. The first-order chi connectivity index (χ1) is 13.6. The minimum atomic E-state index is -0.762. The molecule has 1 saturated carbocycles. The van der Waals surface area contributed by atoms with Gasteiger partial charge in [0.25, 0.3) is 0 Å². The average molecular weight is 440 g/mol. The van der Waals surface area contributed by atoms with Crippen LogP contribution in [0.2, 0.25) is 0 Å². The Labute approximate surface area is 172 Å². The highest BCUT2D eigenvalue weighted by atomic mass is 79.9. The lowest BCUT2D eigenvalue weighted by Gasteiger charge is -2.20. The summed E-state index contributed by atoms with van der Waals surface area (Å²) in [7, 11) is 0. The molecule has 6 heteroatoms. The molecule has 0 spiro atoms. The lowest BCUT2D eigenvalue weighted by molar-refractivity contribution is 0.172. The molecule has 28 heavy (non-hydrogen) atoms. The standard InChI is InChI=1S/C22H22BrN3O2/c23-19-10-18(11-24-12-19)21(15-6-7-15)26-22(28)25-13-20(27)17-8-5-14-3-1-2-4-16(14)9-17/h1-5,8-12,15,20-21,27H,6-7,13H2,(H2,25,26,28). The Morgan fingerprint density at radius 3 is 2.64 bits per heavy atom. The number of nitrogens with zero attached hydrogens (tertiary/aromatic N) is 1. The van der Waals surface area contributed by atoms with E-state index in [4.69, 9.17) is 0 Å². The van der Waals surface area contributed by atoms with Crippen LogP contribution in [0.4, 0.5) is 4.79 Å². The van der Waals surface area contributed by atoms with Gasteiger partial charge in [-0.25, -0.2) is 4.79 Å². The Kier molecular flexibility index (Phi) is 5.59. The van der Waals surface area contributed by atoms with Crippen molar-refractivity contribution in [3.05, 3.63) is 76.5 Å². The van der Waals surface area contributed by atoms with Crippen LogP contribution in [0.1, 0.15) is 36.1 Å². The molecule has 1 fully saturated rings. The first-order valence-electron chi connectivity index (χ1n) is 9.42. The SMILES string of the molecule is O=C(NCC(O)c1ccc2ccccc2c1)NC(c1cncc(Br)c1)C1CC1. The van der Waals surface area contributed by atoms with E-state index in [0.29, 0.717) is 5.92 Å². The summed E-state index contributed by atoms with van der Waals surface area (Å²) < 4.78 is 0.893. The summed E-state index contributed by atoms with van der Waals surface area (Å²) in [5, 5.41) is 18.5. The quantitative estimate of drug-likeness (QED) is 0.529. The van der Waals surface area contributed by atoms with E-state index < -0.39 is 6.10 Å². The predicted octanol–water partition coefficient (Wildman–Crippen LogP) is 4.48. The van der Waals surface area contributed by atoms with Crippen LogP contribution in [-0.4, -0.2) is 22.7 Å². The van der Waals surface area contributed by atoms with Crippen molar-refractivity contribution in [1.82, 2.24) is 15.6 Å². The lowest BCUT2D eigenvalue weighted by Crippen LogP contribution is -2.40. The summed E-state index contributed by atoms with van der Waals surface area (Å²) >= 11 is 3.44. The van der Waals surface area contributed by atoms with Crippen molar-refractivity contribution in [2.75, 3.05) is 6.54 Å². The Bertz CT molecular complexity index is 990. The van der Waals surface area contributed by atoms with Gasteiger partial charge in [0, 0.05) is 23.4 Å². The first-order valence-corrected chi connectivity index (χ1v) is 10.2. The summed E-state index contributed by atoms with van der Waals surface area (Å²) in [5.74, 6) is 0.437. The van der Waals surface area contributed by atoms with Gasteiger partial charge in [-0.15, -0.1) is 0 Å². The van der Waals surface area contributed by atoms with Crippen LogP contribution in [0.5, 0.6) is 0 Å². The largest absolute Gasteiger partial charge is 0.387 e. The van der Waals surface area contributed by atoms with Crippen molar-refractivity contribution in [2.24, 2.45) is 5.92 Å². The van der Waals surface area contributed by atoms with Crippen LogP contribution in [0.3, 0.4) is 0 Å². The van der Waals surface area contributed by atoms with Gasteiger partial charge in [0.05, 0.1) is 12.1 Å². The van der Waals surface area contributed by atoms with Gasteiger partial charge in [0.2, 0.25) is 0 Å². The average Bonchev–Trinajstić information content (AvgIpc) is 3.55. The predicted molar refractivity (Wildman–Crippen MR) is 113 cm³/mol. The van der Waals surface area contributed by atoms with Crippen molar-refractivity contribution < 1.29 is 9.90 Å². The lowest BCUT2D eigenvalue weighted by atomic mass is 10.0. The number of aliphatic hydroxyl groups is 1. The number of nitrogens with one attached hydrogen (secondary N) is 2. The summed E-state index contributed by atoms with van der Waals surface area (Å²) in [5.41, 5.74) is 1.77. The number of rotatable bonds is 6. The Morgan fingerprint density at radius 1 is 1.11 bits per heavy atom. The molecular weight excluding hydrogens is 418 g/mol. The third-order valence-corrected chi connectivity index (χ3v) is 5.51. The topological polar surface area (TPSA) is 74.2 Å². The van der Waals surface area contributed by atoms with Crippen LogP contribution in [0.25, 0.3) is 10.8 Å². The van der Waals surface area contributed by atoms with E-state index in [1.807, 2.05) is 48.5 Å². The number of carbonyl (C=O) groups is 1. The summed E-state index contributed by atoms with van der Waals surface area (Å²) in [6, 6.07) is 15.5. The van der Waals surface area contributed by atoms with Crippen molar-refractivity contribution in [2.45, 2.75) is 25.0 Å². The van der Waals surface area contributed by atoms with E-state index in [1.54, 1.807) is 12.4 Å². The molecule has 1 heterocycles. The fourth-order valence-corrected chi connectivity index (χ4v) is 3.80. The van der Waals surface area contributed by atoms with E-state index in [9.17, 15) is 9.90 Å². The Hall–Kier alpha value is -2.44. The number of aliphatic hydroxyl groups excluding tert-OH is 1. The molecule has 5 nitrogen and oxygen atoms in total. The zero-order valence-electron chi connectivity index (χ0n) is 15.3. The van der Waals surface area contributed by atoms with Gasteiger partial charge in [-0.05, 0) is 68.7 Å². The van der Waals surface area contributed by atoms with E-state index in [0.717, 1.165) is 39.2 Å². The number of pyridine rings is 1. The van der Waals surface area contributed by atoms with Gasteiger partial charge in [-0.1, -0.05) is 36.4 Å². The van der Waals surface area contributed by atoms with Crippen LogP contribution in [0, 0.1) is 5.92 Å². The Balaban J connectivity index is 1.37. The molecule has 2 amide bonds. The van der Waals surface area contributed by atoms with Gasteiger partial charge >= 0.3 is 6.03 Å². The van der Waals surface area contributed by atoms with E-state index >= 15 is 0 Å². The van der Waals surface area contributed by atoms with Gasteiger partial charge in [-0.2, -0.15) is 0 Å². The number of halogens is 1. The van der Waals surface area contributed by atoms with E-state index in [1.165, 1.54) is 0 Å². The number of benzene rings is 2. The number of hydrogen-bond acceptors (Lipinski definition) is 3. The number of amides is 2. The van der Waals surface area contributed by atoms with Gasteiger partial charge in [0.1, 0.15) is 0 Å². The number of fused-ring (bicyclic) bond motifs is 1.